The quantitative estimate of drug-likeness (QED) is 0.770. The number of hydrogen-bond donors (Lipinski definition) is 1. The van der Waals surface area contributed by atoms with E-state index in [1.807, 2.05) is 17.0 Å². The average molecular weight is 379 g/mol. The minimum atomic E-state index is 0.158. The van der Waals surface area contributed by atoms with E-state index in [0.717, 1.165) is 43.1 Å². The van der Waals surface area contributed by atoms with E-state index >= 15 is 0 Å². The minimum Gasteiger partial charge on any atom is -0.356 e. The van der Waals surface area contributed by atoms with Crippen molar-refractivity contribution in [2.24, 2.45) is 5.92 Å². The van der Waals surface area contributed by atoms with Crippen LogP contribution >= 0.6 is 15.9 Å². The first-order valence-corrected chi connectivity index (χ1v) is 9.27. The number of nitrogens with one attached hydrogen (secondary N) is 1. The molecule has 124 valence electrons. The molecule has 1 aromatic carbocycles. The lowest BCUT2D eigenvalue weighted by atomic mass is 10.0. The lowest BCUT2D eigenvalue weighted by molar-refractivity contribution is -0.132. The Kier molecular flexibility index (Phi) is 5.36. The summed E-state index contributed by atoms with van der Waals surface area (Å²) < 4.78 is 1.05. The molecule has 1 aliphatic heterocycles. The molecule has 2 aliphatic rings. The monoisotopic (exact) mass is 378 g/mol. The summed E-state index contributed by atoms with van der Waals surface area (Å²) in [6.07, 6.45) is 5.36. The molecule has 1 aromatic rings. The fraction of sp³-hybridized carbons (Fsp3) is 0.556. The predicted molar refractivity (Wildman–Crippen MR) is 92.8 cm³/mol. The van der Waals surface area contributed by atoms with E-state index in [1.165, 1.54) is 5.56 Å². The summed E-state index contributed by atoms with van der Waals surface area (Å²) in [7, 11) is 0. The molecular weight excluding hydrogens is 356 g/mol. The number of hydrogen-bond acceptors (Lipinski definition) is 2. The van der Waals surface area contributed by atoms with Gasteiger partial charge in [0.2, 0.25) is 11.8 Å². The van der Waals surface area contributed by atoms with Gasteiger partial charge < -0.3 is 10.2 Å². The van der Waals surface area contributed by atoms with Crippen LogP contribution in [0.5, 0.6) is 0 Å². The van der Waals surface area contributed by atoms with Gasteiger partial charge in [0, 0.05) is 29.9 Å². The first-order valence-electron chi connectivity index (χ1n) is 8.48. The molecule has 0 spiro atoms. The molecule has 1 saturated carbocycles. The van der Waals surface area contributed by atoms with Crippen molar-refractivity contribution in [2.75, 3.05) is 13.1 Å². The van der Waals surface area contributed by atoms with Crippen LogP contribution in [0.4, 0.5) is 0 Å². The van der Waals surface area contributed by atoms with Crippen molar-refractivity contribution < 1.29 is 9.59 Å². The molecule has 1 atom stereocenters. The smallest absolute Gasteiger partial charge is 0.223 e. The zero-order chi connectivity index (χ0) is 16.2. The number of amides is 2. The van der Waals surface area contributed by atoms with Crippen molar-refractivity contribution in [1.29, 1.82) is 0 Å². The molecule has 3 rings (SSSR count). The van der Waals surface area contributed by atoms with E-state index in [9.17, 15) is 9.59 Å². The summed E-state index contributed by atoms with van der Waals surface area (Å²) in [5.41, 5.74) is 1.20. The van der Waals surface area contributed by atoms with Gasteiger partial charge in [0.1, 0.15) is 0 Å². The number of nitrogens with zero attached hydrogens (tertiary/aromatic N) is 1. The summed E-state index contributed by atoms with van der Waals surface area (Å²) in [6, 6.07) is 8.42. The SMILES string of the molecule is O=C(NCCCC(=O)N1CCC[C@@H]1c1cccc(Br)c1)C1CC1. The van der Waals surface area contributed by atoms with Crippen LogP contribution in [0, 0.1) is 5.92 Å². The Morgan fingerprint density at radius 2 is 2.09 bits per heavy atom. The van der Waals surface area contributed by atoms with E-state index in [-0.39, 0.29) is 23.8 Å². The summed E-state index contributed by atoms with van der Waals surface area (Å²) in [4.78, 5) is 26.1. The molecule has 1 N–H and O–H groups in total. The van der Waals surface area contributed by atoms with Gasteiger partial charge in [-0.2, -0.15) is 0 Å². The van der Waals surface area contributed by atoms with Gasteiger partial charge >= 0.3 is 0 Å². The third-order valence-electron chi connectivity index (χ3n) is 4.62. The number of rotatable bonds is 6. The molecule has 0 bridgehead atoms. The van der Waals surface area contributed by atoms with Gasteiger partial charge in [0.15, 0.2) is 0 Å². The van der Waals surface area contributed by atoms with Crippen LogP contribution in [-0.4, -0.2) is 29.8 Å². The number of benzene rings is 1. The van der Waals surface area contributed by atoms with Crippen molar-refractivity contribution in [3.63, 3.8) is 0 Å². The van der Waals surface area contributed by atoms with E-state index < -0.39 is 0 Å². The number of carbonyl (C=O) groups is 2. The molecule has 1 aliphatic carbocycles. The molecule has 0 radical (unpaired) electrons. The van der Waals surface area contributed by atoms with E-state index in [1.54, 1.807) is 0 Å². The molecular formula is C18H23BrN2O2. The summed E-state index contributed by atoms with van der Waals surface area (Å²) in [6.45, 7) is 1.45. The Morgan fingerprint density at radius 3 is 2.83 bits per heavy atom. The zero-order valence-electron chi connectivity index (χ0n) is 13.3. The van der Waals surface area contributed by atoms with Crippen molar-refractivity contribution in [3.8, 4) is 0 Å². The van der Waals surface area contributed by atoms with Gasteiger partial charge in [0.25, 0.3) is 0 Å². The topological polar surface area (TPSA) is 49.4 Å². The Hall–Kier alpha value is -1.36. The first-order chi connectivity index (χ1) is 11.1. The highest BCUT2D eigenvalue weighted by molar-refractivity contribution is 9.10. The van der Waals surface area contributed by atoms with E-state index in [0.29, 0.717) is 13.0 Å². The van der Waals surface area contributed by atoms with Gasteiger partial charge in [-0.05, 0) is 49.8 Å². The average Bonchev–Trinajstić information content (AvgIpc) is 3.28. The summed E-state index contributed by atoms with van der Waals surface area (Å²) >= 11 is 3.50. The van der Waals surface area contributed by atoms with Crippen LogP contribution in [-0.2, 0) is 9.59 Å². The molecule has 2 fully saturated rings. The van der Waals surface area contributed by atoms with Crippen LogP contribution in [0.25, 0.3) is 0 Å². The minimum absolute atomic E-state index is 0.158. The van der Waals surface area contributed by atoms with Gasteiger partial charge in [-0.25, -0.2) is 0 Å². The standard InChI is InChI=1S/C18H23BrN2O2/c19-15-5-1-4-14(12-15)16-6-3-11-21(16)17(22)7-2-10-20-18(23)13-8-9-13/h1,4-5,12-13,16H,2-3,6-11H2,(H,20,23)/t16-/m1/s1. The predicted octanol–water partition coefficient (Wildman–Crippen LogP) is 3.42. The molecule has 23 heavy (non-hydrogen) atoms. The summed E-state index contributed by atoms with van der Waals surface area (Å²) in [5, 5.41) is 2.93. The molecule has 1 heterocycles. The second-order valence-corrected chi connectivity index (χ2v) is 7.38. The van der Waals surface area contributed by atoms with Gasteiger partial charge in [0.05, 0.1) is 6.04 Å². The van der Waals surface area contributed by atoms with Crippen LogP contribution in [0.15, 0.2) is 28.7 Å². The van der Waals surface area contributed by atoms with Gasteiger partial charge in [-0.3, -0.25) is 9.59 Å². The van der Waals surface area contributed by atoms with Crippen molar-refractivity contribution in [3.05, 3.63) is 34.3 Å². The highest BCUT2D eigenvalue weighted by Gasteiger charge is 2.30. The lowest BCUT2D eigenvalue weighted by Crippen LogP contribution is -2.32. The summed E-state index contributed by atoms with van der Waals surface area (Å²) in [5.74, 6) is 0.601. The zero-order valence-corrected chi connectivity index (χ0v) is 14.8. The van der Waals surface area contributed by atoms with Crippen LogP contribution in [0.3, 0.4) is 0 Å². The second kappa shape index (κ2) is 7.47. The second-order valence-electron chi connectivity index (χ2n) is 6.47. The molecule has 0 unspecified atom stereocenters. The molecule has 0 aromatic heterocycles. The molecule has 2 amide bonds. The normalized spacial score (nSPS) is 20.6. The maximum atomic E-state index is 12.5. The van der Waals surface area contributed by atoms with Crippen molar-refractivity contribution in [2.45, 2.75) is 44.6 Å². The fourth-order valence-electron chi connectivity index (χ4n) is 3.21. The third kappa shape index (κ3) is 4.34. The molecule has 5 heteroatoms. The fourth-order valence-corrected chi connectivity index (χ4v) is 3.63. The maximum absolute atomic E-state index is 12.5. The Balaban J connectivity index is 1.48. The maximum Gasteiger partial charge on any atom is 0.223 e. The number of halogens is 1. The Morgan fingerprint density at radius 1 is 1.26 bits per heavy atom. The molecule has 1 saturated heterocycles. The van der Waals surface area contributed by atoms with Gasteiger partial charge in [-0.1, -0.05) is 28.1 Å². The largest absolute Gasteiger partial charge is 0.356 e. The number of carbonyl (C=O) groups excluding carboxylic acids is 2. The van der Waals surface area contributed by atoms with E-state index in [4.69, 9.17) is 0 Å². The number of likely N-dealkylation sites (tertiary alicyclic amines) is 1. The lowest BCUT2D eigenvalue weighted by Gasteiger charge is -2.25. The van der Waals surface area contributed by atoms with Crippen molar-refractivity contribution in [1.82, 2.24) is 10.2 Å². The van der Waals surface area contributed by atoms with Crippen LogP contribution in [0.1, 0.15) is 50.1 Å². The van der Waals surface area contributed by atoms with Crippen LogP contribution in [0.2, 0.25) is 0 Å². The third-order valence-corrected chi connectivity index (χ3v) is 5.11. The highest BCUT2D eigenvalue weighted by atomic mass is 79.9. The first kappa shape index (κ1) is 16.5. The van der Waals surface area contributed by atoms with E-state index in [2.05, 4.69) is 33.4 Å². The van der Waals surface area contributed by atoms with Gasteiger partial charge in [-0.15, -0.1) is 0 Å². The van der Waals surface area contributed by atoms with Crippen LogP contribution < -0.4 is 5.32 Å². The Bertz CT molecular complexity index is 586. The Labute approximate surface area is 145 Å². The van der Waals surface area contributed by atoms with Crippen molar-refractivity contribution >= 4 is 27.7 Å². The molecule has 4 nitrogen and oxygen atoms in total. The highest BCUT2D eigenvalue weighted by Crippen LogP contribution is 2.33.